The lowest BCUT2D eigenvalue weighted by molar-refractivity contribution is -0.143. The number of rotatable bonds is 3. The van der Waals surface area contributed by atoms with Gasteiger partial charge in [0.25, 0.3) is 0 Å². The molecule has 3 rings (SSSR count). The molecule has 0 aromatic heterocycles. The second kappa shape index (κ2) is 10.0. The normalized spacial score (nSPS) is 19.1. The third-order valence-electron chi connectivity index (χ3n) is 5.51. The summed E-state index contributed by atoms with van der Waals surface area (Å²) in [7, 11) is 0. The Morgan fingerprint density at radius 2 is 1.44 bits per heavy atom. The van der Waals surface area contributed by atoms with Gasteiger partial charge in [-0.05, 0) is 44.5 Å². The number of amides is 1. The molecule has 0 aliphatic carbocycles. The van der Waals surface area contributed by atoms with Gasteiger partial charge >= 0.3 is 24.4 Å². The van der Waals surface area contributed by atoms with Gasteiger partial charge in [-0.3, -0.25) is 0 Å². The average Bonchev–Trinajstić information content (AvgIpc) is 2.77. The van der Waals surface area contributed by atoms with Gasteiger partial charge < -0.3 is 14.4 Å². The van der Waals surface area contributed by atoms with E-state index in [-0.39, 0.29) is 25.6 Å². The Hall–Kier alpha value is -3.24. The maximum absolute atomic E-state index is 13.2. The van der Waals surface area contributed by atoms with Crippen LogP contribution in [0.1, 0.15) is 60.2 Å². The minimum atomic E-state index is -5.10. The Labute approximate surface area is 204 Å². The van der Waals surface area contributed by atoms with E-state index in [1.807, 2.05) is 0 Å². The molecule has 0 saturated carbocycles. The molecule has 0 radical (unpaired) electrons. The number of esters is 1. The van der Waals surface area contributed by atoms with Crippen LogP contribution in [0.2, 0.25) is 0 Å². The number of benzene rings is 2. The molecule has 36 heavy (non-hydrogen) atoms. The van der Waals surface area contributed by atoms with Crippen LogP contribution in [0.15, 0.2) is 48.5 Å². The fraction of sp³-hybridized carbons (Fsp3) is 0.440. The molecule has 5 nitrogen and oxygen atoms in total. The SMILES string of the molecule is CC(C)(C)OC(=O)N1CC[C@H](OC(=O)c2cc(C(F)(F)F)cc(C(F)(F)F)c2)[C@H](c2ccccc2)C1. The second-order valence-corrected chi connectivity index (χ2v) is 9.47. The summed E-state index contributed by atoms with van der Waals surface area (Å²) in [5.74, 6) is -1.90. The lowest BCUT2D eigenvalue weighted by Gasteiger charge is -2.38. The predicted molar refractivity (Wildman–Crippen MR) is 117 cm³/mol. The number of nitrogens with zero attached hydrogens (tertiary/aromatic N) is 1. The number of alkyl halides is 6. The van der Waals surface area contributed by atoms with Gasteiger partial charge in [-0.2, -0.15) is 26.3 Å². The summed E-state index contributed by atoms with van der Waals surface area (Å²) in [5, 5.41) is 0. The zero-order chi connectivity index (χ0) is 26.9. The largest absolute Gasteiger partial charge is 0.458 e. The molecule has 0 spiro atoms. The van der Waals surface area contributed by atoms with Gasteiger partial charge in [0.15, 0.2) is 0 Å². The molecule has 0 bridgehead atoms. The molecule has 1 amide bonds. The van der Waals surface area contributed by atoms with Crippen molar-refractivity contribution in [3.05, 3.63) is 70.8 Å². The molecule has 0 N–H and O–H groups in total. The fourth-order valence-electron chi connectivity index (χ4n) is 3.86. The number of hydrogen-bond acceptors (Lipinski definition) is 4. The van der Waals surface area contributed by atoms with Crippen molar-refractivity contribution in [1.82, 2.24) is 4.90 Å². The van der Waals surface area contributed by atoms with E-state index in [0.717, 1.165) is 0 Å². The summed E-state index contributed by atoms with van der Waals surface area (Å²) in [5.41, 5.74) is -4.14. The minimum absolute atomic E-state index is 0.0527. The molecule has 1 aliphatic heterocycles. The van der Waals surface area contributed by atoms with E-state index >= 15 is 0 Å². The molecule has 196 valence electrons. The van der Waals surface area contributed by atoms with E-state index in [0.29, 0.717) is 17.7 Å². The Kier molecular flexibility index (Phi) is 7.61. The fourth-order valence-corrected chi connectivity index (χ4v) is 3.86. The van der Waals surface area contributed by atoms with Crippen molar-refractivity contribution in [3.63, 3.8) is 0 Å². The van der Waals surface area contributed by atoms with Gasteiger partial charge in [-0.15, -0.1) is 0 Å². The first-order valence-electron chi connectivity index (χ1n) is 11.1. The number of piperidine rings is 1. The predicted octanol–water partition coefficient (Wildman–Crippen LogP) is 6.67. The topological polar surface area (TPSA) is 55.8 Å². The van der Waals surface area contributed by atoms with Crippen LogP contribution in [0.5, 0.6) is 0 Å². The zero-order valence-electron chi connectivity index (χ0n) is 19.7. The Balaban J connectivity index is 1.89. The Morgan fingerprint density at radius 3 is 1.94 bits per heavy atom. The van der Waals surface area contributed by atoms with Gasteiger partial charge in [0.05, 0.1) is 16.7 Å². The summed E-state index contributed by atoms with van der Waals surface area (Å²) in [4.78, 5) is 26.8. The van der Waals surface area contributed by atoms with E-state index in [2.05, 4.69) is 0 Å². The molecule has 1 heterocycles. The van der Waals surface area contributed by atoms with E-state index in [1.165, 1.54) is 4.90 Å². The van der Waals surface area contributed by atoms with Gasteiger partial charge in [0.2, 0.25) is 0 Å². The number of hydrogen-bond donors (Lipinski definition) is 0. The maximum atomic E-state index is 13.2. The first-order chi connectivity index (χ1) is 16.5. The summed E-state index contributed by atoms with van der Waals surface area (Å²) in [6, 6.07) is 9.29. The van der Waals surface area contributed by atoms with Crippen LogP contribution in [-0.4, -0.2) is 41.8 Å². The first-order valence-corrected chi connectivity index (χ1v) is 11.1. The Morgan fingerprint density at radius 1 is 0.889 bits per heavy atom. The van der Waals surface area contributed by atoms with Gasteiger partial charge in [-0.25, -0.2) is 9.59 Å². The number of likely N-dealkylation sites (tertiary alicyclic amines) is 1. The number of halogens is 6. The highest BCUT2D eigenvalue weighted by Crippen LogP contribution is 2.37. The highest BCUT2D eigenvalue weighted by molar-refractivity contribution is 5.90. The standard InChI is InChI=1S/C25H25F6NO4/c1-23(2,3)36-22(34)32-10-9-20(19(14-32)15-7-5-4-6-8-15)35-21(33)16-11-17(24(26,27)28)13-18(12-16)25(29,30)31/h4-8,11-13,19-20H,9-10,14H2,1-3H3/t19-,20-/m0/s1. The molecular weight excluding hydrogens is 492 g/mol. The van der Waals surface area contributed by atoms with E-state index in [4.69, 9.17) is 9.47 Å². The van der Waals surface area contributed by atoms with Crippen molar-refractivity contribution in [2.45, 2.75) is 57.2 Å². The van der Waals surface area contributed by atoms with Crippen LogP contribution < -0.4 is 0 Å². The lowest BCUT2D eigenvalue weighted by atomic mass is 9.88. The third-order valence-corrected chi connectivity index (χ3v) is 5.51. The molecule has 0 unspecified atom stereocenters. The smallest absolute Gasteiger partial charge is 0.416 e. The van der Waals surface area contributed by atoms with Crippen LogP contribution >= 0.6 is 0 Å². The first kappa shape index (κ1) is 27.3. The van der Waals surface area contributed by atoms with Crippen molar-refractivity contribution in [3.8, 4) is 0 Å². The van der Waals surface area contributed by atoms with E-state index < -0.39 is 58.7 Å². The molecule has 1 saturated heterocycles. The number of ether oxygens (including phenoxy) is 2. The monoisotopic (exact) mass is 517 g/mol. The maximum Gasteiger partial charge on any atom is 0.416 e. The molecule has 11 heteroatoms. The number of carbonyl (C=O) groups excluding carboxylic acids is 2. The van der Waals surface area contributed by atoms with Crippen molar-refractivity contribution in [2.75, 3.05) is 13.1 Å². The van der Waals surface area contributed by atoms with Crippen molar-refractivity contribution in [1.29, 1.82) is 0 Å². The van der Waals surface area contributed by atoms with Crippen LogP contribution in [0.4, 0.5) is 31.1 Å². The quantitative estimate of drug-likeness (QED) is 0.337. The highest BCUT2D eigenvalue weighted by atomic mass is 19.4. The summed E-state index contributed by atoms with van der Waals surface area (Å²) in [6.45, 7) is 5.31. The number of carbonyl (C=O) groups is 2. The molecule has 1 aliphatic rings. The second-order valence-electron chi connectivity index (χ2n) is 9.47. The van der Waals surface area contributed by atoms with Gasteiger partial charge in [0.1, 0.15) is 11.7 Å². The minimum Gasteiger partial charge on any atom is -0.458 e. The van der Waals surface area contributed by atoms with Gasteiger partial charge in [-0.1, -0.05) is 30.3 Å². The zero-order valence-corrected chi connectivity index (χ0v) is 19.7. The van der Waals surface area contributed by atoms with E-state index in [1.54, 1.807) is 51.1 Å². The summed E-state index contributed by atoms with van der Waals surface area (Å²) < 4.78 is 90.1. The molecular formula is C25H25F6NO4. The Bertz CT molecular complexity index is 1060. The third kappa shape index (κ3) is 6.92. The van der Waals surface area contributed by atoms with Crippen LogP contribution in [0, 0.1) is 0 Å². The van der Waals surface area contributed by atoms with Gasteiger partial charge in [0, 0.05) is 25.4 Å². The average molecular weight is 517 g/mol. The van der Waals surface area contributed by atoms with Crippen molar-refractivity contribution in [2.24, 2.45) is 0 Å². The molecule has 2 aromatic rings. The lowest BCUT2D eigenvalue weighted by Crippen LogP contribution is -2.47. The molecule has 2 atom stereocenters. The molecule has 1 fully saturated rings. The molecule has 2 aromatic carbocycles. The van der Waals surface area contributed by atoms with E-state index in [9.17, 15) is 35.9 Å². The van der Waals surface area contributed by atoms with Crippen LogP contribution in [0.3, 0.4) is 0 Å². The van der Waals surface area contributed by atoms with Crippen molar-refractivity contribution >= 4 is 12.1 Å². The highest BCUT2D eigenvalue weighted by Gasteiger charge is 2.40. The van der Waals surface area contributed by atoms with Crippen LogP contribution in [0.25, 0.3) is 0 Å². The van der Waals surface area contributed by atoms with Crippen molar-refractivity contribution < 1.29 is 45.4 Å². The van der Waals surface area contributed by atoms with Crippen LogP contribution in [-0.2, 0) is 21.8 Å². The summed E-state index contributed by atoms with van der Waals surface area (Å²) >= 11 is 0. The summed E-state index contributed by atoms with van der Waals surface area (Å²) in [6.07, 6.45) is -11.6.